The highest BCUT2D eigenvalue weighted by Crippen LogP contribution is 2.25. The minimum Gasteiger partial charge on any atom is -0.384 e. The number of imidazole rings is 1. The number of rotatable bonds is 0. The Balaban J connectivity index is 2.38. The zero-order valence-electron chi connectivity index (χ0n) is 6.59. The molecule has 0 aliphatic carbocycles. The third-order valence-corrected chi connectivity index (χ3v) is 2.36. The Morgan fingerprint density at radius 3 is 3.33 bits per heavy atom. The first-order chi connectivity index (χ1) is 5.93. The first-order valence-corrected chi connectivity index (χ1v) is 4.13. The number of hydrogen-bond donors (Lipinski definition) is 2. The molecule has 0 saturated carbocycles. The summed E-state index contributed by atoms with van der Waals surface area (Å²) in [5.41, 5.74) is 4.82. The van der Waals surface area contributed by atoms with Gasteiger partial charge in [-0.3, -0.25) is 0 Å². The van der Waals surface area contributed by atoms with Crippen molar-refractivity contribution < 1.29 is 0 Å². The first kappa shape index (κ1) is 6.06. The molecule has 0 amide bonds. The van der Waals surface area contributed by atoms with Gasteiger partial charge in [0.15, 0.2) is 0 Å². The Morgan fingerprint density at radius 1 is 1.33 bits per heavy atom. The van der Waals surface area contributed by atoms with Crippen molar-refractivity contribution in [1.82, 2.24) is 9.97 Å². The van der Waals surface area contributed by atoms with E-state index >= 15 is 0 Å². The highest BCUT2D eigenvalue weighted by molar-refractivity contribution is 5.81. The number of fused-ring (bicyclic) bond motifs is 2. The second-order valence-electron chi connectivity index (χ2n) is 3.11. The summed E-state index contributed by atoms with van der Waals surface area (Å²) in [5.74, 6) is 0. The summed E-state index contributed by atoms with van der Waals surface area (Å²) in [5, 5.41) is 3.33. The third kappa shape index (κ3) is 0.679. The summed E-state index contributed by atoms with van der Waals surface area (Å²) < 4.78 is 0. The molecule has 1 aromatic carbocycles. The van der Waals surface area contributed by atoms with E-state index in [-0.39, 0.29) is 0 Å². The molecule has 0 radical (unpaired) electrons. The molecule has 2 heterocycles. The van der Waals surface area contributed by atoms with Crippen LogP contribution < -0.4 is 5.32 Å². The fraction of sp³-hybridized carbons (Fsp3) is 0.222. The predicted molar refractivity (Wildman–Crippen MR) is 48.3 cm³/mol. The lowest BCUT2D eigenvalue weighted by Crippen LogP contribution is -1.90. The normalized spacial score (nSPS) is 14.7. The number of anilines is 1. The molecule has 0 atom stereocenters. The Kier molecular flexibility index (Phi) is 1.01. The van der Waals surface area contributed by atoms with Gasteiger partial charge in [-0.1, -0.05) is 0 Å². The summed E-state index contributed by atoms with van der Waals surface area (Å²) in [4.78, 5) is 7.31. The van der Waals surface area contributed by atoms with Gasteiger partial charge < -0.3 is 10.3 Å². The summed E-state index contributed by atoms with van der Waals surface area (Å²) in [6.45, 7) is 1.06. The molecule has 0 unspecified atom stereocenters. The molecule has 12 heavy (non-hydrogen) atoms. The number of hydrogen-bond acceptors (Lipinski definition) is 2. The number of H-pyrrole nitrogens is 1. The summed E-state index contributed by atoms with van der Waals surface area (Å²) in [6, 6.07) is 4.28. The van der Waals surface area contributed by atoms with Crippen molar-refractivity contribution in [2.45, 2.75) is 6.42 Å². The van der Waals surface area contributed by atoms with Gasteiger partial charge in [0.05, 0.1) is 17.4 Å². The number of benzene rings is 1. The molecule has 2 aromatic rings. The zero-order chi connectivity index (χ0) is 7.97. The maximum absolute atomic E-state index is 4.20. The Hall–Kier alpha value is -1.51. The van der Waals surface area contributed by atoms with Gasteiger partial charge in [0.2, 0.25) is 0 Å². The maximum atomic E-state index is 4.20. The van der Waals surface area contributed by atoms with Crippen molar-refractivity contribution in [2.75, 3.05) is 11.9 Å². The van der Waals surface area contributed by atoms with Gasteiger partial charge >= 0.3 is 0 Å². The molecular weight excluding hydrogens is 150 g/mol. The van der Waals surface area contributed by atoms with Gasteiger partial charge in [-0.2, -0.15) is 0 Å². The van der Waals surface area contributed by atoms with Crippen LogP contribution in [0.3, 0.4) is 0 Å². The van der Waals surface area contributed by atoms with E-state index in [0.29, 0.717) is 0 Å². The van der Waals surface area contributed by atoms with Crippen LogP contribution in [0.5, 0.6) is 0 Å². The van der Waals surface area contributed by atoms with E-state index in [9.17, 15) is 0 Å². The Labute approximate surface area is 69.8 Å². The van der Waals surface area contributed by atoms with Crippen LogP contribution in [0.1, 0.15) is 5.56 Å². The quantitative estimate of drug-likeness (QED) is 0.612. The number of nitrogens with one attached hydrogen (secondary N) is 2. The minimum absolute atomic E-state index is 1.04. The molecule has 1 aliphatic rings. The molecule has 2 N–H and O–H groups in total. The van der Waals surface area contributed by atoms with Gasteiger partial charge in [0.25, 0.3) is 0 Å². The smallest absolute Gasteiger partial charge is 0.0931 e. The van der Waals surface area contributed by atoms with Crippen LogP contribution >= 0.6 is 0 Å². The molecule has 1 aliphatic heterocycles. The average molecular weight is 159 g/mol. The largest absolute Gasteiger partial charge is 0.384 e. The molecule has 0 spiro atoms. The molecular formula is C9H9N3. The van der Waals surface area contributed by atoms with Crippen LogP contribution in [0.4, 0.5) is 5.69 Å². The van der Waals surface area contributed by atoms with Crippen molar-refractivity contribution in [3.8, 4) is 0 Å². The number of nitrogens with zero attached hydrogens (tertiary/aromatic N) is 1. The maximum Gasteiger partial charge on any atom is 0.0931 e. The van der Waals surface area contributed by atoms with Crippen LogP contribution in [0.15, 0.2) is 18.5 Å². The molecule has 3 nitrogen and oxygen atoms in total. The number of aromatic nitrogens is 2. The second-order valence-corrected chi connectivity index (χ2v) is 3.11. The van der Waals surface area contributed by atoms with Gasteiger partial charge in [-0.15, -0.1) is 0 Å². The van der Waals surface area contributed by atoms with Gasteiger partial charge in [0.1, 0.15) is 0 Å². The van der Waals surface area contributed by atoms with Crippen molar-refractivity contribution in [3.63, 3.8) is 0 Å². The zero-order valence-corrected chi connectivity index (χ0v) is 6.59. The molecule has 0 saturated heterocycles. The lowest BCUT2D eigenvalue weighted by Gasteiger charge is -1.97. The van der Waals surface area contributed by atoms with Crippen LogP contribution in [-0.4, -0.2) is 16.5 Å². The SMILES string of the molecule is c1nc2cc3c(cc2[nH]1)CCN3. The Bertz CT molecular complexity index is 392. The number of aromatic amines is 1. The average Bonchev–Trinajstić information content (AvgIpc) is 2.64. The highest BCUT2D eigenvalue weighted by Gasteiger charge is 2.10. The fourth-order valence-electron chi connectivity index (χ4n) is 1.73. The fourth-order valence-corrected chi connectivity index (χ4v) is 1.73. The van der Waals surface area contributed by atoms with E-state index in [4.69, 9.17) is 0 Å². The van der Waals surface area contributed by atoms with Gasteiger partial charge in [0, 0.05) is 12.2 Å². The second kappa shape index (κ2) is 2.00. The van der Waals surface area contributed by atoms with E-state index in [2.05, 4.69) is 27.4 Å². The highest BCUT2D eigenvalue weighted by atomic mass is 14.9. The summed E-state index contributed by atoms with van der Waals surface area (Å²) >= 11 is 0. The standard InChI is InChI=1S/C9H9N3/c1-2-10-7-4-9-8(3-6(1)7)11-5-12-9/h3-5,10H,1-2H2,(H,11,12). The monoisotopic (exact) mass is 159 g/mol. The topological polar surface area (TPSA) is 40.7 Å². The van der Waals surface area contributed by atoms with Gasteiger partial charge in [-0.05, 0) is 24.1 Å². The van der Waals surface area contributed by atoms with Crippen LogP contribution in [-0.2, 0) is 6.42 Å². The van der Waals surface area contributed by atoms with Crippen molar-refractivity contribution >= 4 is 16.7 Å². The molecule has 60 valence electrons. The van der Waals surface area contributed by atoms with E-state index < -0.39 is 0 Å². The van der Waals surface area contributed by atoms with E-state index in [1.807, 2.05) is 0 Å². The van der Waals surface area contributed by atoms with Crippen LogP contribution in [0.25, 0.3) is 11.0 Å². The van der Waals surface area contributed by atoms with Crippen LogP contribution in [0.2, 0.25) is 0 Å². The van der Waals surface area contributed by atoms with Crippen LogP contribution in [0, 0.1) is 0 Å². The molecule has 3 rings (SSSR count). The summed E-state index contributed by atoms with van der Waals surface area (Å²) in [7, 11) is 0. The lowest BCUT2D eigenvalue weighted by molar-refractivity contribution is 1.11. The lowest BCUT2D eigenvalue weighted by atomic mass is 10.1. The van der Waals surface area contributed by atoms with Crippen molar-refractivity contribution in [1.29, 1.82) is 0 Å². The van der Waals surface area contributed by atoms with Crippen molar-refractivity contribution in [3.05, 3.63) is 24.0 Å². The molecule has 0 fully saturated rings. The van der Waals surface area contributed by atoms with Crippen molar-refractivity contribution in [2.24, 2.45) is 0 Å². The molecule has 3 heteroatoms. The van der Waals surface area contributed by atoms with E-state index in [0.717, 1.165) is 24.0 Å². The van der Waals surface area contributed by atoms with E-state index in [1.165, 1.54) is 11.3 Å². The third-order valence-electron chi connectivity index (χ3n) is 2.36. The van der Waals surface area contributed by atoms with Gasteiger partial charge in [-0.25, -0.2) is 4.98 Å². The minimum atomic E-state index is 1.04. The molecule has 1 aromatic heterocycles. The molecule has 0 bridgehead atoms. The summed E-state index contributed by atoms with van der Waals surface area (Å²) in [6.07, 6.45) is 2.87. The Morgan fingerprint density at radius 2 is 2.33 bits per heavy atom. The van der Waals surface area contributed by atoms with E-state index in [1.54, 1.807) is 6.33 Å². The first-order valence-electron chi connectivity index (χ1n) is 4.13. The predicted octanol–water partition coefficient (Wildman–Crippen LogP) is 1.53.